The molecule has 6 heteroatoms. The van der Waals surface area contributed by atoms with Gasteiger partial charge in [0.2, 0.25) is 0 Å². The van der Waals surface area contributed by atoms with Gasteiger partial charge >= 0.3 is 0 Å². The number of hydrogen-bond donors (Lipinski definition) is 2. The molecule has 4 nitrogen and oxygen atoms in total. The van der Waals surface area contributed by atoms with Gasteiger partial charge in [-0.15, -0.1) is 0 Å². The average Bonchev–Trinajstić information content (AvgIpc) is 2.34. The van der Waals surface area contributed by atoms with Crippen LogP contribution in [-0.4, -0.2) is 24.2 Å². The van der Waals surface area contributed by atoms with Crippen LogP contribution in [0.15, 0.2) is 12.1 Å². The monoisotopic (exact) mass is 259 g/mol. The number of halogens is 2. The lowest BCUT2D eigenvalue weighted by Crippen LogP contribution is -2.29. The Balaban J connectivity index is 2.65. The molecule has 0 radical (unpaired) electrons. The Morgan fingerprint density at radius 2 is 2.00 bits per heavy atom. The van der Waals surface area contributed by atoms with E-state index in [0.29, 0.717) is 6.54 Å². The van der Waals surface area contributed by atoms with Crippen molar-refractivity contribution in [3.8, 4) is 5.75 Å². The maximum absolute atomic E-state index is 13.4. The van der Waals surface area contributed by atoms with Crippen LogP contribution >= 0.6 is 0 Å². The topological polar surface area (TPSA) is 58.6 Å². The standard InChI is InChI=1S/C12H15F2NO3/c1-2-3-15-11(17)7-18-12-9(13)4-8(6-16)5-10(12)14/h4-5,16H,2-3,6-7H2,1H3,(H,15,17). The van der Waals surface area contributed by atoms with Crippen LogP contribution in [0.25, 0.3) is 0 Å². The van der Waals surface area contributed by atoms with E-state index in [9.17, 15) is 13.6 Å². The van der Waals surface area contributed by atoms with Crippen LogP contribution in [0.1, 0.15) is 18.9 Å². The number of aliphatic hydroxyl groups is 1. The highest BCUT2D eigenvalue weighted by atomic mass is 19.1. The van der Waals surface area contributed by atoms with Crippen molar-refractivity contribution in [2.24, 2.45) is 0 Å². The Bertz CT molecular complexity index is 401. The van der Waals surface area contributed by atoms with Gasteiger partial charge in [-0.1, -0.05) is 6.92 Å². The minimum atomic E-state index is -0.942. The summed E-state index contributed by atoms with van der Waals surface area (Å²) < 4.78 is 31.6. The summed E-state index contributed by atoms with van der Waals surface area (Å²) in [4.78, 5) is 11.2. The van der Waals surface area contributed by atoms with E-state index in [0.717, 1.165) is 18.6 Å². The molecule has 0 atom stereocenters. The fourth-order valence-electron chi connectivity index (χ4n) is 1.29. The van der Waals surface area contributed by atoms with Gasteiger partial charge in [0.1, 0.15) is 0 Å². The van der Waals surface area contributed by atoms with Crippen molar-refractivity contribution in [3.63, 3.8) is 0 Å². The zero-order valence-corrected chi connectivity index (χ0v) is 10.0. The van der Waals surface area contributed by atoms with Crippen LogP contribution in [0.2, 0.25) is 0 Å². The molecular weight excluding hydrogens is 244 g/mol. The van der Waals surface area contributed by atoms with E-state index in [1.807, 2.05) is 6.92 Å². The van der Waals surface area contributed by atoms with Crippen molar-refractivity contribution >= 4 is 5.91 Å². The van der Waals surface area contributed by atoms with Crippen molar-refractivity contribution < 1.29 is 23.4 Å². The maximum Gasteiger partial charge on any atom is 0.257 e. The van der Waals surface area contributed by atoms with Crippen LogP contribution in [0, 0.1) is 11.6 Å². The predicted octanol–water partition coefficient (Wildman–Crippen LogP) is 1.36. The molecule has 0 heterocycles. The van der Waals surface area contributed by atoms with E-state index in [-0.39, 0.29) is 5.56 Å². The molecule has 18 heavy (non-hydrogen) atoms. The first-order chi connectivity index (χ1) is 8.58. The van der Waals surface area contributed by atoms with Crippen molar-refractivity contribution in [1.29, 1.82) is 0 Å². The molecule has 0 aliphatic heterocycles. The Hall–Kier alpha value is -1.69. The normalized spacial score (nSPS) is 10.2. The molecule has 2 N–H and O–H groups in total. The minimum Gasteiger partial charge on any atom is -0.478 e. The fourth-order valence-corrected chi connectivity index (χ4v) is 1.29. The van der Waals surface area contributed by atoms with Crippen LogP contribution < -0.4 is 10.1 Å². The lowest BCUT2D eigenvalue weighted by Gasteiger charge is -2.09. The Morgan fingerprint density at radius 3 is 2.50 bits per heavy atom. The Morgan fingerprint density at radius 1 is 1.39 bits per heavy atom. The van der Waals surface area contributed by atoms with Gasteiger partial charge < -0.3 is 15.2 Å². The second kappa shape index (κ2) is 6.90. The van der Waals surface area contributed by atoms with E-state index in [1.54, 1.807) is 0 Å². The van der Waals surface area contributed by atoms with Gasteiger partial charge in [-0.3, -0.25) is 4.79 Å². The molecule has 1 aromatic rings. The summed E-state index contributed by atoms with van der Waals surface area (Å²) in [6, 6.07) is 1.92. The minimum absolute atomic E-state index is 0.104. The smallest absolute Gasteiger partial charge is 0.257 e. The maximum atomic E-state index is 13.4. The first-order valence-electron chi connectivity index (χ1n) is 5.56. The van der Waals surface area contributed by atoms with Crippen molar-refractivity contribution in [2.45, 2.75) is 20.0 Å². The SMILES string of the molecule is CCCNC(=O)COc1c(F)cc(CO)cc1F. The van der Waals surface area contributed by atoms with Crippen molar-refractivity contribution in [3.05, 3.63) is 29.3 Å². The number of hydrogen-bond acceptors (Lipinski definition) is 3. The van der Waals surface area contributed by atoms with Gasteiger partial charge in [-0.05, 0) is 24.1 Å². The van der Waals surface area contributed by atoms with Crippen molar-refractivity contribution in [2.75, 3.05) is 13.2 Å². The molecule has 1 amide bonds. The number of carbonyl (C=O) groups excluding carboxylic acids is 1. The molecule has 0 aliphatic rings. The summed E-state index contributed by atoms with van der Waals surface area (Å²) >= 11 is 0. The first kappa shape index (κ1) is 14.4. The molecule has 0 fully saturated rings. The molecule has 0 saturated carbocycles. The van der Waals surface area contributed by atoms with Gasteiger partial charge in [0.25, 0.3) is 5.91 Å². The molecule has 0 unspecified atom stereocenters. The van der Waals surface area contributed by atoms with Gasteiger partial charge in [0.15, 0.2) is 24.0 Å². The second-order valence-electron chi connectivity index (χ2n) is 3.69. The number of rotatable bonds is 6. The van der Waals surface area contributed by atoms with E-state index >= 15 is 0 Å². The van der Waals surface area contributed by atoms with Crippen molar-refractivity contribution in [1.82, 2.24) is 5.32 Å². The van der Waals surface area contributed by atoms with Crippen LogP contribution in [0.3, 0.4) is 0 Å². The Labute approximate surface area is 104 Å². The summed E-state index contributed by atoms with van der Waals surface area (Å²) in [5, 5.41) is 11.3. The van der Waals surface area contributed by atoms with Crippen LogP contribution in [-0.2, 0) is 11.4 Å². The molecule has 1 rings (SSSR count). The fraction of sp³-hybridized carbons (Fsp3) is 0.417. The highest BCUT2D eigenvalue weighted by Gasteiger charge is 2.13. The molecule has 0 aliphatic carbocycles. The summed E-state index contributed by atoms with van der Waals surface area (Å²) in [6.07, 6.45) is 0.764. The van der Waals surface area contributed by atoms with Crippen LogP contribution in [0.5, 0.6) is 5.75 Å². The Kier molecular flexibility index (Phi) is 5.51. The molecule has 0 spiro atoms. The molecule has 0 saturated heterocycles. The first-order valence-corrected chi connectivity index (χ1v) is 5.56. The van der Waals surface area contributed by atoms with E-state index in [4.69, 9.17) is 9.84 Å². The number of aliphatic hydroxyl groups excluding tert-OH is 1. The van der Waals surface area contributed by atoms with Gasteiger partial charge in [0, 0.05) is 6.54 Å². The zero-order chi connectivity index (χ0) is 13.5. The number of amides is 1. The predicted molar refractivity (Wildman–Crippen MR) is 61.1 cm³/mol. The number of nitrogens with one attached hydrogen (secondary N) is 1. The highest BCUT2D eigenvalue weighted by molar-refractivity contribution is 5.77. The number of benzene rings is 1. The zero-order valence-electron chi connectivity index (χ0n) is 10.0. The van der Waals surface area contributed by atoms with Gasteiger partial charge in [-0.25, -0.2) is 8.78 Å². The number of ether oxygens (including phenoxy) is 1. The molecular formula is C12H15F2NO3. The molecule has 100 valence electrons. The lowest BCUT2D eigenvalue weighted by molar-refractivity contribution is -0.123. The quantitative estimate of drug-likeness (QED) is 0.811. The van der Waals surface area contributed by atoms with Gasteiger partial charge in [0.05, 0.1) is 6.61 Å². The molecule has 0 bridgehead atoms. The molecule has 0 aromatic heterocycles. The summed E-state index contributed by atoms with van der Waals surface area (Å²) in [7, 11) is 0. The lowest BCUT2D eigenvalue weighted by atomic mass is 10.2. The number of carbonyl (C=O) groups is 1. The summed E-state index contributed by atoms with van der Waals surface area (Å²) in [5.74, 6) is -2.94. The third kappa shape index (κ3) is 3.96. The van der Waals surface area contributed by atoms with E-state index < -0.39 is 36.5 Å². The summed E-state index contributed by atoms with van der Waals surface area (Å²) in [5.41, 5.74) is 0.104. The highest BCUT2D eigenvalue weighted by Crippen LogP contribution is 2.23. The van der Waals surface area contributed by atoms with E-state index in [1.165, 1.54) is 0 Å². The largest absolute Gasteiger partial charge is 0.478 e. The van der Waals surface area contributed by atoms with E-state index in [2.05, 4.69) is 5.32 Å². The van der Waals surface area contributed by atoms with Crippen LogP contribution in [0.4, 0.5) is 8.78 Å². The molecule has 1 aromatic carbocycles. The summed E-state index contributed by atoms with van der Waals surface area (Å²) in [6.45, 7) is 1.45. The average molecular weight is 259 g/mol. The second-order valence-corrected chi connectivity index (χ2v) is 3.69. The third-order valence-corrected chi connectivity index (χ3v) is 2.16. The third-order valence-electron chi connectivity index (χ3n) is 2.16. The van der Waals surface area contributed by atoms with Gasteiger partial charge in [-0.2, -0.15) is 0 Å².